The summed E-state index contributed by atoms with van der Waals surface area (Å²) in [6.07, 6.45) is 1.75. The van der Waals surface area contributed by atoms with Crippen LogP contribution in [0.4, 0.5) is 11.4 Å². The lowest BCUT2D eigenvalue weighted by atomic mass is 10.1. The zero-order valence-electron chi connectivity index (χ0n) is 15.6. The molecule has 2 aromatic heterocycles. The summed E-state index contributed by atoms with van der Waals surface area (Å²) >= 11 is 0. The van der Waals surface area contributed by atoms with Crippen LogP contribution >= 0.6 is 0 Å². The molecule has 0 saturated heterocycles. The van der Waals surface area contributed by atoms with Crippen molar-refractivity contribution in [2.75, 3.05) is 5.32 Å². The first-order valence-corrected chi connectivity index (χ1v) is 8.35. The molecule has 0 aliphatic heterocycles. The van der Waals surface area contributed by atoms with Crippen LogP contribution in [0.5, 0.6) is 0 Å². The van der Waals surface area contributed by atoms with Crippen LogP contribution in [-0.4, -0.2) is 30.4 Å². The molecule has 0 fully saturated rings. The summed E-state index contributed by atoms with van der Waals surface area (Å²) in [5.74, 6) is -0.223. The fourth-order valence-electron chi connectivity index (χ4n) is 2.96. The Morgan fingerprint density at radius 1 is 1.15 bits per heavy atom. The highest BCUT2D eigenvalue weighted by Crippen LogP contribution is 2.22. The summed E-state index contributed by atoms with van der Waals surface area (Å²) < 4.78 is 3.24. The van der Waals surface area contributed by atoms with Crippen LogP contribution in [0, 0.1) is 30.9 Å². The van der Waals surface area contributed by atoms with Crippen LogP contribution in [0.1, 0.15) is 33.0 Å². The number of benzene rings is 1. The van der Waals surface area contributed by atoms with Crippen molar-refractivity contribution in [3.05, 3.63) is 68.8 Å². The zero-order valence-corrected chi connectivity index (χ0v) is 15.6. The minimum atomic E-state index is -0.415. The Labute approximate surface area is 155 Å². The van der Waals surface area contributed by atoms with E-state index in [0.29, 0.717) is 29.2 Å². The number of nitrogens with one attached hydrogen (secondary N) is 1. The molecule has 0 unspecified atom stereocenters. The van der Waals surface area contributed by atoms with Crippen molar-refractivity contribution in [1.29, 1.82) is 0 Å². The highest BCUT2D eigenvalue weighted by molar-refractivity contribution is 6.04. The molecule has 1 N–H and O–H groups in total. The molecule has 1 amide bonds. The Kier molecular flexibility index (Phi) is 4.76. The molecule has 2 heterocycles. The van der Waals surface area contributed by atoms with Crippen LogP contribution < -0.4 is 5.32 Å². The van der Waals surface area contributed by atoms with E-state index in [2.05, 4.69) is 15.5 Å². The van der Waals surface area contributed by atoms with Gasteiger partial charge in [-0.25, -0.2) is 0 Å². The first kappa shape index (κ1) is 18.3. The third-order valence-corrected chi connectivity index (χ3v) is 4.34. The monoisotopic (exact) mass is 368 g/mol. The van der Waals surface area contributed by atoms with E-state index in [-0.39, 0.29) is 11.6 Å². The summed E-state index contributed by atoms with van der Waals surface area (Å²) in [5, 5.41) is 22.4. The predicted octanol–water partition coefficient (Wildman–Crippen LogP) is 2.75. The van der Waals surface area contributed by atoms with Gasteiger partial charge in [-0.3, -0.25) is 24.3 Å². The molecule has 3 aromatic rings. The lowest BCUT2D eigenvalue weighted by molar-refractivity contribution is -0.386. The first-order valence-electron chi connectivity index (χ1n) is 8.35. The minimum Gasteiger partial charge on any atom is -0.319 e. The van der Waals surface area contributed by atoms with Crippen molar-refractivity contribution >= 4 is 17.3 Å². The molecule has 1 aromatic carbocycles. The minimum absolute atomic E-state index is 0.0397. The maximum Gasteiger partial charge on any atom is 0.312 e. The zero-order chi connectivity index (χ0) is 19.7. The topological polar surface area (TPSA) is 108 Å². The summed E-state index contributed by atoms with van der Waals surface area (Å²) in [5.41, 5.74) is 3.76. The summed E-state index contributed by atoms with van der Waals surface area (Å²) in [4.78, 5) is 23.1. The highest BCUT2D eigenvalue weighted by atomic mass is 16.6. The molecule has 140 valence electrons. The summed E-state index contributed by atoms with van der Waals surface area (Å²) in [6, 6.07) is 7.06. The average molecular weight is 368 g/mol. The summed E-state index contributed by atoms with van der Waals surface area (Å²) in [6.45, 7) is 5.52. The van der Waals surface area contributed by atoms with Gasteiger partial charge in [0.2, 0.25) is 0 Å². The Hall–Kier alpha value is -3.49. The number of aryl methyl sites for hydroxylation is 3. The lowest BCUT2D eigenvalue weighted by Crippen LogP contribution is -2.12. The molecule has 0 bridgehead atoms. The second-order valence-electron chi connectivity index (χ2n) is 6.39. The maximum absolute atomic E-state index is 12.4. The van der Waals surface area contributed by atoms with Crippen molar-refractivity contribution in [2.24, 2.45) is 7.05 Å². The molecule has 0 aliphatic rings. The van der Waals surface area contributed by atoms with Gasteiger partial charge in [-0.15, -0.1) is 0 Å². The van der Waals surface area contributed by atoms with Gasteiger partial charge in [0.15, 0.2) is 0 Å². The van der Waals surface area contributed by atoms with Gasteiger partial charge in [-0.1, -0.05) is 12.1 Å². The van der Waals surface area contributed by atoms with Gasteiger partial charge in [0.1, 0.15) is 11.4 Å². The number of carbonyl (C=O) groups is 1. The van der Waals surface area contributed by atoms with Gasteiger partial charge >= 0.3 is 5.69 Å². The maximum atomic E-state index is 12.4. The number of amides is 1. The van der Waals surface area contributed by atoms with E-state index in [4.69, 9.17) is 0 Å². The summed E-state index contributed by atoms with van der Waals surface area (Å²) in [7, 11) is 1.79. The fraction of sp³-hybridized carbons (Fsp3) is 0.278. The molecule has 9 heteroatoms. The van der Waals surface area contributed by atoms with Crippen LogP contribution in [-0.2, 0) is 13.6 Å². The molecular weight excluding hydrogens is 348 g/mol. The van der Waals surface area contributed by atoms with E-state index in [0.717, 1.165) is 11.3 Å². The van der Waals surface area contributed by atoms with Crippen molar-refractivity contribution in [3.8, 4) is 0 Å². The number of hydrogen-bond acceptors (Lipinski definition) is 5. The fourth-order valence-corrected chi connectivity index (χ4v) is 2.96. The van der Waals surface area contributed by atoms with Crippen LogP contribution in [0.2, 0.25) is 0 Å². The van der Waals surface area contributed by atoms with Crippen molar-refractivity contribution < 1.29 is 9.72 Å². The van der Waals surface area contributed by atoms with Crippen LogP contribution in [0.15, 0.2) is 30.5 Å². The van der Waals surface area contributed by atoms with Gasteiger partial charge in [0.25, 0.3) is 5.91 Å². The second-order valence-corrected chi connectivity index (χ2v) is 6.39. The largest absolute Gasteiger partial charge is 0.319 e. The Bertz CT molecular complexity index is 1020. The van der Waals surface area contributed by atoms with Crippen molar-refractivity contribution in [1.82, 2.24) is 19.6 Å². The standard InChI is InChI=1S/C18H20N6O3/c1-11-16(10-22(4)20-11)19-18(25)15-7-5-14(6-8-15)9-23-13(3)17(24(26)27)12(2)21-23/h5-8,10H,9H2,1-4H3,(H,19,25). The Morgan fingerprint density at radius 2 is 1.81 bits per heavy atom. The van der Waals surface area contributed by atoms with E-state index >= 15 is 0 Å². The first-order chi connectivity index (χ1) is 12.8. The number of carbonyl (C=O) groups excluding carboxylic acids is 1. The molecule has 0 radical (unpaired) electrons. The van der Waals surface area contributed by atoms with E-state index in [1.165, 1.54) is 0 Å². The smallest absolute Gasteiger partial charge is 0.312 e. The van der Waals surface area contributed by atoms with E-state index in [1.807, 2.05) is 19.1 Å². The molecular formula is C18H20N6O3. The number of aromatic nitrogens is 4. The normalized spacial score (nSPS) is 10.8. The van der Waals surface area contributed by atoms with Gasteiger partial charge in [-0.05, 0) is 38.5 Å². The number of anilines is 1. The number of rotatable bonds is 5. The molecule has 0 spiro atoms. The SMILES string of the molecule is Cc1nn(C)cc1NC(=O)c1ccc(Cn2nc(C)c([N+](=O)[O-])c2C)cc1. The van der Waals surface area contributed by atoms with Gasteiger partial charge in [0, 0.05) is 18.8 Å². The molecule has 9 nitrogen and oxygen atoms in total. The third kappa shape index (κ3) is 3.71. The van der Waals surface area contributed by atoms with Crippen LogP contribution in [0.25, 0.3) is 0 Å². The molecule has 3 rings (SSSR count). The van der Waals surface area contributed by atoms with E-state index < -0.39 is 4.92 Å². The highest BCUT2D eigenvalue weighted by Gasteiger charge is 2.21. The van der Waals surface area contributed by atoms with Gasteiger partial charge < -0.3 is 5.32 Å². The molecule has 0 aliphatic carbocycles. The van der Waals surface area contributed by atoms with Crippen LogP contribution in [0.3, 0.4) is 0 Å². The number of hydrogen-bond donors (Lipinski definition) is 1. The predicted molar refractivity (Wildman–Crippen MR) is 99.8 cm³/mol. The molecule has 0 atom stereocenters. The number of nitro groups is 1. The van der Waals surface area contributed by atoms with Gasteiger partial charge in [0.05, 0.1) is 22.8 Å². The van der Waals surface area contributed by atoms with E-state index in [9.17, 15) is 14.9 Å². The van der Waals surface area contributed by atoms with Crippen molar-refractivity contribution in [3.63, 3.8) is 0 Å². The van der Waals surface area contributed by atoms with E-state index in [1.54, 1.807) is 48.6 Å². The van der Waals surface area contributed by atoms with Gasteiger partial charge in [-0.2, -0.15) is 10.2 Å². The molecule has 27 heavy (non-hydrogen) atoms. The van der Waals surface area contributed by atoms with Crippen molar-refractivity contribution in [2.45, 2.75) is 27.3 Å². The lowest BCUT2D eigenvalue weighted by Gasteiger charge is -2.07. The Morgan fingerprint density at radius 3 is 2.33 bits per heavy atom. The number of nitrogens with zero attached hydrogens (tertiary/aromatic N) is 5. The average Bonchev–Trinajstić information content (AvgIpc) is 3.06. The quantitative estimate of drug-likeness (QED) is 0.550. The second kappa shape index (κ2) is 7.02. The Balaban J connectivity index is 1.74. The molecule has 0 saturated carbocycles. The third-order valence-electron chi connectivity index (χ3n) is 4.34.